The summed E-state index contributed by atoms with van der Waals surface area (Å²) < 4.78 is 12.2. The summed E-state index contributed by atoms with van der Waals surface area (Å²) in [7, 11) is 0. The second-order valence-electron chi connectivity index (χ2n) is 17.3. The lowest BCUT2D eigenvalue weighted by Gasteiger charge is -2.70. The van der Waals surface area contributed by atoms with Gasteiger partial charge in [0.25, 0.3) is 0 Å². The van der Waals surface area contributed by atoms with Gasteiger partial charge in [-0.05, 0) is 124 Å². The first-order valence-corrected chi connectivity index (χ1v) is 17.3. The molecule has 5 aliphatic rings. The van der Waals surface area contributed by atoms with Gasteiger partial charge in [-0.2, -0.15) is 0 Å². The molecule has 6 N–H and O–H groups in total. The van der Waals surface area contributed by atoms with Crippen LogP contribution >= 0.6 is 0 Å². The van der Waals surface area contributed by atoms with E-state index in [0.29, 0.717) is 18.3 Å². The lowest BCUT2D eigenvalue weighted by atomic mass is 9.35. The summed E-state index contributed by atoms with van der Waals surface area (Å²) in [5, 5.41) is 64.8. The molecular formula is C36H62O8. The van der Waals surface area contributed by atoms with Crippen LogP contribution in [0.15, 0.2) is 11.6 Å². The van der Waals surface area contributed by atoms with Gasteiger partial charge in [0.2, 0.25) is 0 Å². The fourth-order valence-electron chi connectivity index (χ4n) is 11.9. The van der Waals surface area contributed by atoms with Gasteiger partial charge in [0.05, 0.1) is 24.4 Å². The molecule has 44 heavy (non-hydrogen) atoms. The molecule has 5 fully saturated rings. The summed E-state index contributed by atoms with van der Waals surface area (Å²) in [6, 6.07) is 0. The summed E-state index contributed by atoms with van der Waals surface area (Å²) in [5.74, 6) is 0.792. The van der Waals surface area contributed by atoms with E-state index in [2.05, 4.69) is 54.5 Å². The normalized spacial score (nSPS) is 51.5. The van der Waals surface area contributed by atoms with Crippen LogP contribution in [0.4, 0.5) is 0 Å². The summed E-state index contributed by atoms with van der Waals surface area (Å²) in [6.45, 7) is 17.5. The van der Waals surface area contributed by atoms with Gasteiger partial charge in [-0.3, -0.25) is 0 Å². The van der Waals surface area contributed by atoms with Crippen molar-refractivity contribution in [3.05, 3.63) is 11.6 Å². The molecule has 5 rings (SSSR count). The first-order chi connectivity index (χ1) is 20.3. The van der Waals surface area contributed by atoms with Crippen molar-refractivity contribution < 1.29 is 40.1 Å². The van der Waals surface area contributed by atoms with E-state index in [1.54, 1.807) is 0 Å². The van der Waals surface area contributed by atoms with E-state index in [4.69, 9.17) is 9.47 Å². The van der Waals surface area contributed by atoms with Crippen molar-refractivity contribution in [2.24, 2.45) is 45.3 Å². The third kappa shape index (κ3) is 5.26. The maximum Gasteiger partial charge on any atom is 0.186 e. The molecule has 254 valence electrons. The topological polar surface area (TPSA) is 140 Å². The van der Waals surface area contributed by atoms with Crippen LogP contribution in [-0.2, 0) is 9.47 Å². The van der Waals surface area contributed by atoms with Crippen molar-refractivity contribution in [3.8, 4) is 0 Å². The van der Waals surface area contributed by atoms with E-state index in [9.17, 15) is 30.6 Å². The summed E-state index contributed by atoms with van der Waals surface area (Å²) in [4.78, 5) is 0. The number of rotatable bonds is 7. The Morgan fingerprint density at radius 2 is 1.55 bits per heavy atom. The average Bonchev–Trinajstić information content (AvgIpc) is 3.32. The maximum atomic E-state index is 12.0. The first-order valence-electron chi connectivity index (χ1n) is 17.3. The van der Waals surface area contributed by atoms with Crippen molar-refractivity contribution in [1.82, 2.24) is 0 Å². The Hall–Kier alpha value is -0.580. The van der Waals surface area contributed by atoms with Crippen LogP contribution < -0.4 is 0 Å². The fourth-order valence-corrected chi connectivity index (χ4v) is 11.9. The minimum absolute atomic E-state index is 0.0231. The van der Waals surface area contributed by atoms with Crippen molar-refractivity contribution in [2.75, 3.05) is 6.61 Å². The molecule has 0 aromatic carbocycles. The minimum atomic E-state index is -1.46. The summed E-state index contributed by atoms with van der Waals surface area (Å²) >= 11 is 0. The van der Waals surface area contributed by atoms with E-state index in [0.717, 1.165) is 51.4 Å². The van der Waals surface area contributed by atoms with Gasteiger partial charge < -0.3 is 40.1 Å². The Morgan fingerprint density at radius 3 is 2.18 bits per heavy atom. The molecule has 1 aliphatic heterocycles. The molecule has 1 saturated heterocycles. The van der Waals surface area contributed by atoms with E-state index >= 15 is 0 Å². The van der Waals surface area contributed by atoms with Crippen molar-refractivity contribution in [2.45, 2.75) is 162 Å². The number of hydrogen-bond acceptors (Lipinski definition) is 8. The molecule has 0 amide bonds. The highest BCUT2D eigenvalue weighted by Gasteiger charge is 2.71. The molecule has 0 unspecified atom stereocenters. The van der Waals surface area contributed by atoms with Crippen LogP contribution in [0.3, 0.4) is 0 Å². The third-order valence-electron chi connectivity index (χ3n) is 14.5. The number of aliphatic hydroxyl groups excluding tert-OH is 5. The molecule has 0 bridgehead atoms. The number of hydrogen-bond donors (Lipinski definition) is 6. The van der Waals surface area contributed by atoms with Crippen molar-refractivity contribution in [3.63, 3.8) is 0 Å². The standard InChI is InChI=1S/C36H62O8/c1-20(2)10-9-14-36(8,42)21-11-16-35(7)27(21)22(38)18-25-33(5)15-13-26(32(3,4)24(33)12-17-34(25,35)6)44-31-30(41)29(40)28(39)23(19-37)43-31/h10,21-31,37-42H,9,11-19H2,1-8H3/t21-,22+,23-,24-,25-,26+,27+,28-,29+,30-,31+,33+,34+,35-,36+/m0/s1. The monoisotopic (exact) mass is 622 g/mol. The Labute approximate surface area is 265 Å². The first kappa shape index (κ1) is 34.7. The highest BCUT2D eigenvalue weighted by Crippen LogP contribution is 2.76. The molecule has 0 spiro atoms. The summed E-state index contributed by atoms with van der Waals surface area (Å²) in [6.07, 6.45) is 3.15. The van der Waals surface area contributed by atoms with Crippen LogP contribution in [0.25, 0.3) is 0 Å². The molecular weight excluding hydrogens is 560 g/mol. The number of allylic oxidation sites excluding steroid dienone is 2. The van der Waals surface area contributed by atoms with Crippen molar-refractivity contribution >= 4 is 0 Å². The SMILES string of the molecule is CC(C)=CCC[C@@](C)(O)[C@H]1CC[C@@]2(C)[C@H]1[C@H](O)C[C@H]1[C@]3(C)CC[C@@H](O[C@H]4O[C@@H](CO)[C@H](O)[C@@H](O)[C@@H]4O)C(C)(C)[C@@H]3CC[C@]12C. The molecule has 4 saturated carbocycles. The van der Waals surface area contributed by atoms with Crippen LogP contribution in [0.1, 0.15) is 113 Å². The molecule has 8 nitrogen and oxygen atoms in total. The van der Waals surface area contributed by atoms with Crippen LogP contribution in [-0.4, -0.2) is 85.8 Å². The molecule has 8 heteroatoms. The highest BCUT2D eigenvalue weighted by atomic mass is 16.7. The second-order valence-corrected chi connectivity index (χ2v) is 17.3. The zero-order chi connectivity index (χ0) is 32.6. The van der Waals surface area contributed by atoms with Gasteiger partial charge in [-0.25, -0.2) is 0 Å². The Balaban J connectivity index is 1.37. The minimum Gasteiger partial charge on any atom is -0.394 e. The quantitative estimate of drug-likeness (QED) is 0.182. The second kappa shape index (κ2) is 11.8. The van der Waals surface area contributed by atoms with Gasteiger partial charge >= 0.3 is 0 Å². The maximum absolute atomic E-state index is 12.0. The number of ether oxygens (including phenoxy) is 2. The van der Waals surface area contributed by atoms with Crippen LogP contribution in [0.5, 0.6) is 0 Å². The van der Waals surface area contributed by atoms with Crippen LogP contribution in [0.2, 0.25) is 0 Å². The van der Waals surface area contributed by atoms with Crippen molar-refractivity contribution in [1.29, 1.82) is 0 Å². The zero-order valence-corrected chi connectivity index (χ0v) is 28.5. The predicted molar refractivity (Wildman–Crippen MR) is 168 cm³/mol. The van der Waals surface area contributed by atoms with E-state index in [-0.39, 0.29) is 39.6 Å². The van der Waals surface area contributed by atoms with Gasteiger partial charge in [0, 0.05) is 0 Å². The lowest BCUT2D eigenvalue weighted by molar-refractivity contribution is -0.332. The Morgan fingerprint density at radius 1 is 0.886 bits per heavy atom. The van der Waals surface area contributed by atoms with Gasteiger partial charge in [-0.15, -0.1) is 0 Å². The van der Waals surface area contributed by atoms with Gasteiger partial charge in [-0.1, -0.05) is 46.3 Å². The lowest BCUT2D eigenvalue weighted by Crippen LogP contribution is -2.67. The van der Waals surface area contributed by atoms with Crippen LogP contribution in [0, 0.1) is 45.3 Å². The third-order valence-corrected chi connectivity index (χ3v) is 14.5. The average molecular weight is 623 g/mol. The Bertz CT molecular complexity index is 1070. The predicted octanol–water partition coefficient (Wildman–Crippen LogP) is 4.32. The molecule has 1 heterocycles. The zero-order valence-electron chi connectivity index (χ0n) is 28.5. The van der Waals surface area contributed by atoms with Gasteiger partial charge in [0.15, 0.2) is 6.29 Å². The molecule has 0 aromatic heterocycles. The highest BCUT2D eigenvalue weighted by molar-refractivity contribution is 5.20. The number of fused-ring (bicyclic) bond motifs is 5. The van der Waals surface area contributed by atoms with Gasteiger partial charge in [0.1, 0.15) is 24.4 Å². The molecule has 0 radical (unpaired) electrons. The van der Waals surface area contributed by atoms with E-state index in [1.165, 1.54) is 5.57 Å². The smallest absolute Gasteiger partial charge is 0.186 e. The fraction of sp³-hybridized carbons (Fsp3) is 0.944. The number of aliphatic hydroxyl groups is 6. The molecule has 4 aliphatic carbocycles. The van der Waals surface area contributed by atoms with E-state index < -0.39 is 49.0 Å². The largest absolute Gasteiger partial charge is 0.394 e. The van der Waals surface area contributed by atoms with E-state index in [1.807, 2.05) is 6.92 Å². The molecule has 0 aromatic rings. The Kier molecular flexibility index (Phi) is 9.35. The summed E-state index contributed by atoms with van der Waals surface area (Å²) in [5.41, 5.74) is 0.122. The molecule has 15 atom stereocenters.